The van der Waals surface area contributed by atoms with Crippen LogP contribution in [0.4, 0.5) is 5.82 Å². The highest BCUT2D eigenvalue weighted by Gasteiger charge is 2.26. The van der Waals surface area contributed by atoms with Crippen LogP contribution >= 0.6 is 0 Å². The first kappa shape index (κ1) is 7.49. The second kappa shape index (κ2) is 3.06. The Kier molecular flexibility index (Phi) is 1.91. The maximum Gasteiger partial charge on any atom is 0.132 e. The van der Waals surface area contributed by atoms with Crippen LogP contribution in [0, 0.1) is 0 Å². The average Bonchev–Trinajstić information content (AvgIpc) is 2.04. The third-order valence-corrected chi connectivity index (χ3v) is 2.07. The summed E-state index contributed by atoms with van der Waals surface area (Å²) < 4.78 is 5.15. The van der Waals surface area contributed by atoms with Gasteiger partial charge < -0.3 is 9.64 Å². The van der Waals surface area contributed by atoms with E-state index >= 15 is 0 Å². The van der Waals surface area contributed by atoms with Gasteiger partial charge in [-0.15, -0.1) is 0 Å². The maximum absolute atomic E-state index is 5.15. The molecule has 2 rings (SSSR count). The fourth-order valence-corrected chi connectivity index (χ4v) is 1.25. The van der Waals surface area contributed by atoms with Crippen molar-refractivity contribution in [3.8, 4) is 0 Å². The van der Waals surface area contributed by atoms with Crippen molar-refractivity contribution in [2.24, 2.45) is 0 Å². The largest absolute Gasteiger partial charge is 0.378 e. The second-order valence-electron chi connectivity index (χ2n) is 2.83. The van der Waals surface area contributed by atoms with Gasteiger partial charge in [0, 0.05) is 26.4 Å². The highest BCUT2D eigenvalue weighted by Crippen LogP contribution is 2.18. The Hall–Kier alpha value is -1.16. The van der Waals surface area contributed by atoms with E-state index < -0.39 is 0 Å². The SMILES string of the molecule is COC1CN(c2ccncn2)C1. The third kappa shape index (κ3) is 1.25. The van der Waals surface area contributed by atoms with Crippen molar-refractivity contribution in [1.82, 2.24) is 9.97 Å². The molecule has 0 bridgehead atoms. The first-order valence-corrected chi connectivity index (χ1v) is 3.94. The Bertz CT molecular complexity index is 246. The van der Waals surface area contributed by atoms with Gasteiger partial charge in [-0.05, 0) is 6.07 Å². The molecule has 1 aliphatic heterocycles. The van der Waals surface area contributed by atoms with Gasteiger partial charge in [-0.1, -0.05) is 0 Å². The number of hydrogen-bond donors (Lipinski definition) is 0. The number of ether oxygens (including phenoxy) is 1. The molecule has 0 unspecified atom stereocenters. The lowest BCUT2D eigenvalue weighted by Gasteiger charge is -2.38. The van der Waals surface area contributed by atoms with Crippen LogP contribution in [0.3, 0.4) is 0 Å². The molecule has 0 spiro atoms. The van der Waals surface area contributed by atoms with Crippen molar-refractivity contribution in [3.63, 3.8) is 0 Å². The molecule has 0 radical (unpaired) electrons. The van der Waals surface area contributed by atoms with E-state index in [1.165, 1.54) is 0 Å². The number of anilines is 1. The van der Waals surface area contributed by atoms with Crippen LogP contribution in [-0.2, 0) is 4.74 Å². The van der Waals surface area contributed by atoms with Gasteiger partial charge in [0.25, 0.3) is 0 Å². The molecule has 12 heavy (non-hydrogen) atoms. The lowest BCUT2D eigenvalue weighted by Crippen LogP contribution is -2.52. The molecule has 1 aromatic rings. The van der Waals surface area contributed by atoms with Gasteiger partial charge in [-0.25, -0.2) is 9.97 Å². The molecule has 4 heteroatoms. The van der Waals surface area contributed by atoms with Crippen LogP contribution in [0.1, 0.15) is 0 Å². The van der Waals surface area contributed by atoms with E-state index in [2.05, 4.69) is 14.9 Å². The highest BCUT2D eigenvalue weighted by atomic mass is 16.5. The predicted molar refractivity (Wildman–Crippen MR) is 45.0 cm³/mol. The molecule has 4 nitrogen and oxygen atoms in total. The molecule has 1 aliphatic rings. The Labute approximate surface area is 71.2 Å². The van der Waals surface area contributed by atoms with Gasteiger partial charge in [0.2, 0.25) is 0 Å². The normalized spacial score (nSPS) is 17.6. The van der Waals surface area contributed by atoms with E-state index in [1.807, 2.05) is 6.07 Å². The van der Waals surface area contributed by atoms with E-state index in [0.717, 1.165) is 18.9 Å². The van der Waals surface area contributed by atoms with Gasteiger partial charge in [-0.2, -0.15) is 0 Å². The first-order valence-electron chi connectivity index (χ1n) is 3.94. The zero-order valence-corrected chi connectivity index (χ0v) is 6.97. The maximum atomic E-state index is 5.15. The molecule has 0 aromatic carbocycles. The average molecular weight is 165 g/mol. The van der Waals surface area contributed by atoms with Crippen LogP contribution < -0.4 is 4.90 Å². The summed E-state index contributed by atoms with van der Waals surface area (Å²) >= 11 is 0. The molecule has 1 aromatic heterocycles. The highest BCUT2D eigenvalue weighted by molar-refractivity contribution is 5.40. The smallest absolute Gasteiger partial charge is 0.132 e. The minimum atomic E-state index is 0.375. The Morgan fingerprint density at radius 2 is 2.42 bits per heavy atom. The molecule has 0 aliphatic carbocycles. The predicted octanol–water partition coefficient (Wildman–Crippen LogP) is 0.312. The van der Waals surface area contributed by atoms with E-state index in [0.29, 0.717) is 6.10 Å². The van der Waals surface area contributed by atoms with E-state index in [9.17, 15) is 0 Å². The molecule has 2 heterocycles. The summed E-state index contributed by atoms with van der Waals surface area (Å²) in [5.41, 5.74) is 0. The molecular formula is C8H11N3O. The summed E-state index contributed by atoms with van der Waals surface area (Å²) in [7, 11) is 1.74. The Morgan fingerprint density at radius 1 is 1.58 bits per heavy atom. The third-order valence-electron chi connectivity index (χ3n) is 2.07. The summed E-state index contributed by atoms with van der Waals surface area (Å²) in [4.78, 5) is 10.1. The topological polar surface area (TPSA) is 38.2 Å². The Balaban J connectivity index is 1.97. The molecule has 1 fully saturated rings. The quantitative estimate of drug-likeness (QED) is 0.632. The van der Waals surface area contributed by atoms with E-state index in [1.54, 1.807) is 19.6 Å². The van der Waals surface area contributed by atoms with Gasteiger partial charge in [-0.3, -0.25) is 0 Å². The Morgan fingerprint density at radius 3 is 3.00 bits per heavy atom. The minimum absolute atomic E-state index is 0.375. The second-order valence-corrected chi connectivity index (χ2v) is 2.83. The lowest BCUT2D eigenvalue weighted by molar-refractivity contribution is 0.0783. The number of methoxy groups -OCH3 is 1. The molecule has 0 N–H and O–H groups in total. The van der Waals surface area contributed by atoms with Gasteiger partial charge in [0.15, 0.2) is 0 Å². The zero-order chi connectivity index (χ0) is 8.39. The van der Waals surface area contributed by atoms with Crippen molar-refractivity contribution >= 4 is 5.82 Å². The summed E-state index contributed by atoms with van der Waals surface area (Å²) in [5, 5.41) is 0. The van der Waals surface area contributed by atoms with Crippen molar-refractivity contribution < 1.29 is 4.74 Å². The van der Waals surface area contributed by atoms with Crippen molar-refractivity contribution in [2.45, 2.75) is 6.10 Å². The van der Waals surface area contributed by atoms with Crippen molar-refractivity contribution in [2.75, 3.05) is 25.1 Å². The molecular weight excluding hydrogens is 154 g/mol. The van der Waals surface area contributed by atoms with Gasteiger partial charge in [0.1, 0.15) is 12.1 Å². The van der Waals surface area contributed by atoms with Crippen molar-refractivity contribution in [1.29, 1.82) is 0 Å². The van der Waals surface area contributed by atoms with E-state index in [-0.39, 0.29) is 0 Å². The molecule has 64 valence electrons. The summed E-state index contributed by atoms with van der Waals surface area (Å²) in [5.74, 6) is 0.985. The van der Waals surface area contributed by atoms with Crippen LogP contribution in [0.5, 0.6) is 0 Å². The fraction of sp³-hybridized carbons (Fsp3) is 0.500. The summed E-state index contributed by atoms with van der Waals surface area (Å²) in [6, 6.07) is 1.91. The van der Waals surface area contributed by atoms with E-state index in [4.69, 9.17) is 4.74 Å². The summed E-state index contributed by atoms with van der Waals surface area (Å²) in [6.45, 7) is 1.88. The van der Waals surface area contributed by atoms with Crippen LogP contribution in [0.25, 0.3) is 0 Å². The number of rotatable bonds is 2. The first-order chi connectivity index (χ1) is 5.90. The van der Waals surface area contributed by atoms with Crippen LogP contribution in [0.15, 0.2) is 18.6 Å². The standard InChI is InChI=1S/C8H11N3O/c1-12-7-4-11(5-7)8-2-3-9-6-10-8/h2-3,6-7H,4-5H2,1H3. The number of aromatic nitrogens is 2. The minimum Gasteiger partial charge on any atom is -0.378 e. The monoisotopic (exact) mass is 165 g/mol. The molecule has 0 saturated carbocycles. The lowest BCUT2D eigenvalue weighted by atomic mass is 10.2. The van der Waals surface area contributed by atoms with Gasteiger partial charge in [0.05, 0.1) is 6.10 Å². The molecule has 1 saturated heterocycles. The van der Waals surface area contributed by atoms with Crippen molar-refractivity contribution in [3.05, 3.63) is 18.6 Å². The summed E-state index contributed by atoms with van der Waals surface area (Å²) in [6.07, 6.45) is 3.69. The molecule has 0 amide bonds. The van der Waals surface area contributed by atoms with Gasteiger partial charge >= 0.3 is 0 Å². The zero-order valence-electron chi connectivity index (χ0n) is 6.97. The van der Waals surface area contributed by atoms with Crippen LogP contribution in [-0.4, -0.2) is 36.3 Å². The molecule has 0 atom stereocenters. The number of hydrogen-bond acceptors (Lipinski definition) is 4. The van der Waals surface area contributed by atoms with Crippen LogP contribution in [0.2, 0.25) is 0 Å². The fourth-order valence-electron chi connectivity index (χ4n) is 1.25. The number of nitrogens with zero attached hydrogens (tertiary/aromatic N) is 3.